The smallest absolute Gasteiger partial charge is 0.248 e. The van der Waals surface area contributed by atoms with Crippen molar-refractivity contribution in [2.75, 3.05) is 4.72 Å². The zero-order valence-corrected chi connectivity index (χ0v) is 11.9. The number of H-pyrrole nitrogens is 1. The van der Waals surface area contributed by atoms with Gasteiger partial charge in [-0.15, -0.1) is 0 Å². The number of anilines is 1. The molecule has 2 rings (SSSR count). The fourth-order valence-corrected chi connectivity index (χ4v) is 3.19. The lowest BCUT2D eigenvalue weighted by molar-refractivity contribution is 0.599. The number of nitrogens with one attached hydrogen (secondary N) is 2. The summed E-state index contributed by atoms with van der Waals surface area (Å²) in [5.41, 5.74) is 0.733. The molecule has 0 saturated heterocycles. The van der Waals surface area contributed by atoms with Gasteiger partial charge in [0.15, 0.2) is 0 Å². The molecule has 2 aromatic rings. The minimum absolute atomic E-state index is 0.0972. The largest absolute Gasteiger partial charge is 0.264 e. The number of aromatic nitrogens is 3. The third-order valence-corrected chi connectivity index (χ3v) is 4.27. The Morgan fingerprint density at radius 1 is 1.44 bits per heavy atom. The van der Waals surface area contributed by atoms with Crippen LogP contribution in [-0.4, -0.2) is 23.6 Å². The molecule has 1 aromatic heterocycles. The summed E-state index contributed by atoms with van der Waals surface area (Å²) in [6, 6.07) is 5.03. The van der Waals surface area contributed by atoms with Gasteiger partial charge >= 0.3 is 0 Å². The van der Waals surface area contributed by atoms with Gasteiger partial charge < -0.3 is 0 Å². The Morgan fingerprint density at radius 2 is 2.22 bits per heavy atom. The monoisotopic (exact) mass is 330 g/mol. The van der Waals surface area contributed by atoms with Crippen LogP contribution >= 0.6 is 15.9 Å². The molecule has 0 aliphatic heterocycles. The second-order valence-electron chi connectivity index (χ2n) is 3.55. The molecule has 0 fully saturated rings. The Bertz CT molecular complexity index is 640. The maximum Gasteiger partial charge on any atom is 0.264 e. The minimum Gasteiger partial charge on any atom is -0.248 e. The van der Waals surface area contributed by atoms with Crippen molar-refractivity contribution in [2.24, 2.45) is 0 Å². The molecule has 0 spiro atoms. The highest BCUT2D eigenvalue weighted by molar-refractivity contribution is 9.10. The van der Waals surface area contributed by atoms with Gasteiger partial charge in [-0.2, -0.15) is 10.1 Å². The van der Waals surface area contributed by atoms with Crippen molar-refractivity contribution in [3.8, 4) is 0 Å². The van der Waals surface area contributed by atoms with E-state index < -0.39 is 10.0 Å². The first-order chi connectivity index (χ1) is 8.53. The average Bonchev–Trinajstić information content (AvgIpc) is 2.80. The normalized spacial score (nSPS) is 11.4. The van der Waals surface area contributed by atoms with E-state index in [4.69, 9.17) is 0 Å². The van der Waals surface area contributed by atoms with Gasteiger partial charge in [0.05, 0.1) is 4.90 Å². The first-order valence-electron chi connectivity index (χ1n) is 5.19. The summed E-state index contributed by atoms with van der Waals surface area (Å²) in [5.74, 6) is 0.0972. The summed E-state index contributed by atoms with van der Waals surface area (Å²) >= 11 is 3.32. The summed E-state index contributed by atoms with van der Waals surface area (Å²) < 4.78 is 27.5. The van der Waals surface area contributed by atoms with Crippen molar-refractivity contribution in [2.45, 2.75) is 18.2 Å². The van der Waals surface area contributed by atoms with E-state index in [1.165, 1.54) is 6.33 Å². The minimum atomic E-state index is -3.65. The Kier molecular flexibility index (Phi) is 3.67. The molecule has 0 aliphatic carbocycles. The van der Waals surface area contributed by atoms with E-state index in [0.717, 1.165) is 10.0 Å². The molecule has 1 aromatic carbocycles. The predicted octanol–water partition coefficient (Wildman–Crippen LogP) is 1.93. The molecule has 0 radical (unpaired) electrons. The fourth-order valence-electron chi connectivity index (χ4n) is 1.52. The lowest BCUT2D eigenvalue weighted by Crippen LogP contribution is -2.15. The van der Waals surface area contributed by atoms with Crippen LogP contribution in [0.4, 0.5) is 5.95 Å². The highest BCUT2D eigenvalue weighted by Gasteiger charge is 2.19. The summed E-state index contributed by atoms with van der Waals surface area (Å²) in [6.07, 6.45) is 1.85. The van der Waals surface area contributed by atoms with Crippen molar-refractivity contribution in [3.63, 3.8) is 0 Å². The van der Waals surface area contributed by atoms with Gasteiger partial charge in [-0.1, -0.05) is 22.9 Å². The van der Waals surface area contributed by atoms with Crippen LogP contribution in [0.3, 0.4) is 0 Å². The molecule has 0 amide bonds. The van der Waals surface area contributed by atoms with E-state index in [2.05, 4.69) is 35.8 Å². The van der Waals surface area contributed by atoms with Gasteiger partial charge in [-0.25, -0.2) is 18.2 Å². The number of hydrogen-bond acceptors (Lipinski definition) is 4. The van der Waals surface area contributed by atoms with Crippen LogP contribution in [0.5, 0.6) is 0 Å². The third-order valence-electron chi connectivity index (χ3n) is 2.34. The van der Waals surface area contributed by atoms with Crippen LogP contribution in [0, 0.1) is 0 Å². The zero-order valence-electron chi connectivity index (χ0n) is 9.51. The van der Waals surface area contributed by atoms with Gasteiger partial charge in [-0.3, -0.25) is 0 Å². The SMILES string of the molecule is CCc1cc(Br)ccc1S(=O)(=O)Nc1ncn[nH]1. The number of sulfonamides is 1. The van der Waals surface area contributed by atoms with Crippen molar-refractivity contribution >= 4 is 31.9 Å². The lowest BCUT2D eigenvalue weighted by atomic mass is 10.2. The topological polar surface area (TPSA) is 87.7 Å². The van der Waals surface area contributed by atoms with Crippen molar-refractivity contribution < 1.29 is 8.42 Å². The van der Waals surface area contributed by atoms with Gasteiger partial charge in [0.25, 0.3) is 10.0 Å². The summed E-state index contributed by atoms with van der Waals surface area (Å²) in [4.78, 5) is 3.97. The fraction of sp³-hybridized carbons (Fsp3) is 0.200. The standard InChI is InChI=1S/C10H11BrN4O2S/c1-2-7-5-8(11)3-4-9(7)18(16,17)15-10-12-6-13-14-10/h3-6H,2H2,1H3,(H2,12,13,14,15). The van der Waals surface area contributed by atoms with Gasteiger partial charge in [-0.05, 0) is 30.2 Å². The highest BCUT2D eigenvalue weighted by Crippen LogP contribution is 2.22. The van der Waals surface area contributed by atoms with Crippen LogP contribution in [0.25, 0.3) is 0 Å². The number of benzene rings is 1. The first kappa shape index (κ1) is 13.0. The Morgan fingerprint density at radius 3 is 2.83 bits per heavy atom. The molecule has 8 heteroatoms. The molecule has 2 N–H and O–H groups in total. The molecular formula is C10H11BrN4O2S. The number of nitrogens with zero attached hydrogens (tertiary/aromatic N) is 2. The van der Waals surface area contributed by atoms with Gasteiger partial charge in [0, 0.05) is 4.47 Å². The van der Waals surface area contributed by atoms with Crippen LogP contribution in [0.2, 0.25) is 0 Å². The molecule has 0 unspecified atom stereocenters. The Hall–Kier alpha value is -1.41. The molecule has 6 nitrogen and oxygen atoms in total. The molecule has 1 heterocycles. The number of halogens is 1. The van der Waals surface area contributed by atoms with Crippen molar-refractivity contribution in [1.82, 2.24) is 15.2 Å². The summed E-state index contributed by atoms with van der Waals surface area (Å²) in [5, 5.41) is 6.04. The van der Waals surface area contributed by atoms with Crippen LogP contribution in [-0.2, 0) is 16.4 Å². The zero-order chi connectivity index (χ0) is 13.2. The molecule has 0 saturated carbocycles. The van der Waals surface area contributed by atoms with Crippen molar-refractivity contribution in [3.05, 3.63) is 34.6 Å². The second kappa shape index (κ2) is 5.07. The Balaban J connectivity index is 2.41. The van der Waals surface area contributed by atoms with Crippen LogP contribution in [0.1, 0.15) is 12.5 Å². The highest BCUT2D eigenvalue weighted by atomic mass is 79.9. The molecule has 0 aliphatic rings. The quantitative estimate of drug-likeness (QED) is 0.896. The van der Waals surface area contributed by atoms with Gasteiger partial charge in [0.2, 0.25) is 5.95 Å². The van der Waals surface area contributed by atoms with E-state index in [0.29, 0.717) is 6.42 Å². The van der Waals surface area contributed by atoms with Crippen molar-refractivity contribution in [1.29, 1.82) is 0 Å². The molecule has 0 atom stereocenters. The van der Waals surface area contributed by atoms with E-state index in [9.17, 15) is 8.42 Å². The van der Waals surface area contributed by atoms with E-state index in [1.807, 2.05) is 6.92 Å². The summed E-state index contributed by atoms with van der Waals surface area (Å²) in [6.45, 7) is 1.90. The number of hydrogen-bond donors (Lipinski definition) is 2. The van der Waals surface area contributed by atoms with E-state index in [-0.39, 0.29) is 10.8 Å². The van der Waals surface area contributed by atoms with Crippen LogP contribution in [0.15, 0.2) is 33.9 Å². The number of aromatic amines is 1. The second-order valence-corrected chi connectivity index (χ2v) is 6.11. The van der Waals surface area contributed by atoms with E-state index in [1.54, 1.807) is 18.2 Å². The molecule has 96 valence electrons. The summed E-state index contributed by atoms with van der Waals surface area (Å²) in [7, 11) is -3.65. The van der Waals surface area contributed by atoms with E-state index >= 15 is 0 Å². The first-order valence-corrected chi connectivity index (χ1v) is 7.47. The lowest BCUT2D eigenvalue weighted by Gasteiger charge is -2.09. The third kappa shape index (κ3) is 2.70. The Labute approximate surface area is 113 Å². The number of rotatable bonds is 4. The molecule has 18 heavy (non-hydrogen) atoms. The maximum absolute atomic E-state index is 12.2. The molecular weight excluding hydrogens is 320 g/mol. The van der Waals surface area contributed by atoms with Gasteiger partial charge in [0.1, 0.15) is 6.33 Å². The number of aryl methyl sites for hydroxylation is 1. The van der Waals surface area contributed by atoms with Crippen LogP contribution < -0.4 is 4.72 Å². The predicted molar refractivity (Wildman–Crippen MR) is 70.7 cm³/mol. The maximum atomic E-state index is 12.2. The molecule has 0 bridgehead atoms. The average molecular weight is 331 g/mol.